The zero-order valence-corrected chi connectivity index (χ0v) is 14.7. The second-order valence-electron chi connectivity index (χ2n) is 6.66. The van der Waals surface area contributed by atoms with Crippen molar-refractivity contribution in [1.29, 1.82) is 0 Å². The van der Waals surface area contributed by atoms with Crippen LogP contribution in [0.3, 0.4) is 0 Å². The van der Waals surface area contributed by atoms with Crippen LogP contribution >= 0.6 is 0 Å². The van der Waals surface area contributed by atoms with Crippen LogP contribution in [0.1, 0.15) is 17.9 Å². The first kappa shape index (κ1) is 17.3. The molecule has 8 heteroatoms. The SMILES string of the molecule is O=C(C[C@@H]1CN(c2ncc(F)cn2)Cc2cccn2C1)NCc1ccco1. The smallest absolute Gasteiger partial charge is 0.225 e. The number of rotatable bonds is 5. The molecule has 0 unspecified atom stereocenters. The largest absolute Gasteiger partial charge is 0.467 e. The molecule has 3 aromatic heterocycles. The number of nitrogens with one attached hydrogen (secondary N) is 1. The number of furan rings is 1. The Morgan fingerprint density at radius 1 is 1.26 bits per heavy atom. The molecule has 0 saturated carbocycles. The van der Waals surface area contributed by atoms with Crippen molar-refractivity contribution in [1.82, 2.24) is 19.9 Å². The maximum absolute atomic E-state index is 13.2. The van der Waals surface area contributed by atoms with E-state index in [1.165, 1.54) is 0 Å². The molecule has 140 valence electrons. The second-order valence-corrected chi connectivity index (χ2v) is 6.66. The van der Waals surface area contributed by atoms with E-state index >= 15 is 0 Å². The first-order valence-corrected chi connectivity index (χ1v) is 8.83. The summed E-state index contributed by atoms with van der Waals surface area (Å²) >= 11 is 0. The van der Waals surface area contributed by atoms with Gasteiger partial charge in [0, 0.05) is 37.3 Å². The summed E-state index contributed by atoms with van der Waals surface area (Å²) in [6, 6.07) is 7.64. The maximum atomic E-state index is 13.2. The topological polar surface area (TPSA) is 76.2 Å². The molecule has 0 aromatic carbocycles. The van der Waals surface area contributed by atoms with Crippen LogP contribution in [0, 0.1) is 11.7 Å². The molecule has 0 bridgehead atoms. The van der Waals surface area contributed by atoms with E-state index in [4.69, 9.17) is 4.42 Å². The molecule has 4 rings (SSSR count). The summed E-state index contributed by atoms with van der Waals surface area (Å²) in [6.45, 7) is 2.33. The molecule has 0 radical (unpaired) electrons. The van der Waals surface area contributed by atoms with Gasteiger partial charge in [-0.2, -0.15) is 0 Å². The van der Waals surface area contributed by atoms with Gasteiger partial charge in [0.25, 0.3) is 0 Å². The Balaban J connectivity index is 1.46. The highest BCUT2D eigenvalue weighted by molar-refractivity contribution is 5.76. The molecule has 1 amide bonds. The van der Waals surface area contributed by atoms with Crippen molar-refractivity contribution in [2.45, 2.75) is 26.1 Å². The Morgan fingerprint density at radius 2 is 2.11 bits per heavy atom. The van der Waals surface area contributed by atoms with E-state index < -0.39 is 5.82 Å². The minimum absolute atomic E-state index is 0.0352. The predicted octanol–water partition coefficient (Wildman–Crippen LogP) is 2.35. The molecule has 0 aliphatic carbocycles. The molecular weight excluding hydrogens is 349 g/mol. The lowest BCUT2D eigenvalue weighted by molar-refractivity contribution is -0.122. The van der Waals surface area contributed by atoms with Gasteiger partial charge in [-0.3, -0.25) is 4.79 Å². The highest BCUT2D eigenvalue weighted by Crippen LogP contribution is 2.22. The molecule has 7 nitrogen and oxygen atoms in total. The van der Waals surface area contributed by atoms with Crippen LogP contribution < -0.4 is 10.2 Å². The number of aromatic nitrogens is 3. The molecule has 27 heavy (non-hydrogen) atoms. The van der Waals surface area contributed by atoms with Crippen molar-refractivity contribution in [3.63, 3.8) is 0 Å². The summed E-state index contributed by atoms with van der Waals surface area (Å²) in [5, 5.41) is 2.89. The van der Waals surface area contributed by atoms with Crippen LogP contribution in [0.5, 0.6) is 0 Å². The monoisotopic (exact) mass is 369 g/mol. The summed E-state index contributed by atoms with van der Waals surface area (Å²) in [5.41, 5.74) is 1.11. The molecule has 0 spiro atoms. The number of nitrogens with zero attached hydrogens (tertiary/aromatic N) is 4. The maximum Gasteiger partial charge on any atom is 0.225 e. The number of carbonyl (C=O) groups excluding carboxylic acids is 1. The van der Waals surface area contributed by atoms with Gasteiger partial charge in [-0.25, -0.2) is 14.4 Å². The minimum Gasteiger partial charge on any atom is -0.467 e. The number of amides is 1. The van der Waals surface area contributed by atoms with Gasteiger partial charge in [0.05, 0.1) is 31.7 Å². The average molecular weight is 369 g/mol. The average Bonchev–Trinajstić information content (AvgIpc) is 3.30. The van der Waals surface area contributed by atoms with Crippen LogP contribution in [0.2, 0.25) is 0 Å². The number of fused-ring (bicyclic) bond motifs is 1. The first-order chi connectivity index (χ1) is 13.2. The van der Waals surface area contributed by atoms with Gasteiger partial charge >= 0.3 is 0 Å². The van der Waals surface area contributed by atoms with Gasteiger partial charge in [0.2, 0.25) is 11.9 Å². The molecule has 1 N–H and O–H groups in total. The molecular formula is C19H20FN5O2. The van der Waals surface area contributed by atoms with E-state index in [9.17, 15) is 9.18 Å². The normalized spacial score (nSPS) is 16.6. The third kappa shape index (κ3) is 4.16. The fraction of sp³-hybridized carbons (Fsp3) is 0.316. The van der Waals surface area contributed by atoms with Gasteiger partial charge in [-0.1, -0.05) is 0 Å². The lowest BCUT2D eigenvalue weighted by Gasteiger charge is -2.23. The molecule has 3 aromatic rings. The van der Waals surface area contributed by atoms with E-state index in [1.807, 2.05) is 29.3 Å². The minimum atomic E-state index is -0.467. The van der Waals surface area contributed by atoms with E-state index in [0.717, 1.165) is 30.4 Å². The summed E-state index contributed by atoms with van der Waals surface area (Å²) in [7, 11) is 0. The van der Waals surface area contributed by atoms with E-state index in [-0.39, 0.29) is 11.8 Å². The van der Waals surface area contributed by atoms with Crippen molar-refractivity contribution in [2.75, 3.05) is 11.4 Å². The molecule has 4 heterocycles. The zero-order valence-electron chi connectivity index (χ0n) is 14.7. The van der Waals surface area contributed by atoms with Crippen LogP contribution in [-0.2, 0) is 24.4 Å². The number of halogens is 1. The van der Waals surface area contributed by atoms with Gasteiger partial charge in [0.15, 0.2) is 5.82 Å². The summed E-state index contributed by atoms with van der Waals surface area (Å²) < 4.78 is 20.6. The number of anilines is 1. The number of carbonyl (C=O) groups is 1. The summed E-state index contributed by atoms with van der Waals surface area (Å²) in [4.78, 5) is 22.6. The van der Waals surface area contributed by atoms with Gasteiger partial charge < -0.3 is 19.2 Å². The lowest BCUT2D eigenvalue weighted by atomic mass is 10.0. The molecule has 1 aliphatic heterocycles. The highest BCUT2D eigenvalue weighted by Gasteiger charge is 2.25. The van der Waals surface area contributed by atoms with E-state index in [0.29, 0.717) is 32.0 Å². The summed E-state index contributed by atoms with van der Waals surface area (Å²) in [5.74, 6) is 0.756. The third-order valence-electron chi connectivity index (χ3n) is 4.61. The van der Waals surface area contributed by atoms with Crippen molar-refractivity contribution in [3.05, 3.63) is 66.4 Å². The number of hydrogen-bond acceptors (Lipinski definition) is 5. The molecule has 0 fully saturated rings. The highest BCUT2D eigenvalue weighted by atomic mass is 19.1. The molecule has 0 saturated heterocycles. The zero-order chi connectivity index (χ0) is 18.6. The first-order valence-electron chi connectivity index (χ1n) is 8.83. The fourth-order valence-corrected chi connectivity index (χ4v) is 3.36. The van der Waals surface area contributed by atoms with Crippen molar-refractivity contribution < 1.29 is 13.6 Å². The molecule has 1 aliphatic rings. The standard InChI is InChI=1S/C19H20FN5O2/c20-15-8-22-19(23-9-15)25-12-14(11-24-5-1-3-16(24)13-25)7-18(26)21-10-17-4-2-6-27-17/h1-6,8-9,14H,7,10-13H2,(H,21,26)/t14-/m0/s1. The quantitative estimate of drug-likeness (QED) is 0.747. The van der Waals surface area contributed by atoms with Gasteiger partial charge in [-0.15, -0.1) is 0 Å². The Kier molecular flexibility index (Phi) is 4.86. The summed E-state index contributed by atoms with van der Waals surface area (Å²) in [6.07, 6.45) is 6.30. The van der Waals surface area contributed by atoms with Gasteiger partial charge in [-0.05, 0) is 24.3 Å². The number of hydrogen-bond donors (Lipinski definition) is 1. The van der Waals surface area contributed by atoms with Crippen LogP contribution in [-0.4, -0.2) is 27.0 Å². The third-order valence-corrected chi connectivity index (χ3v) is 4.61. The fourth-order valence-electron chi connectivity index (χ4n) is 3.36. The Morgan fingerprint density at radius 3 is 2.89 bits per heavy atom. The van der Waals surface area contributed by atoms with Crippen molar-refractivity contribution >= 4 is 11.9 Å². The van der Waals surface area contributed by atoms with E-state index in [2.05, 4.69) is 19.9 Å². The van der Waals surface area contributed by atoms with Crippen molar-refractivity contribution in [3.8, 4) is 0 Å². The Labute approximate surface area is 155 Å². The second kappa shape index (κ2) is 7.61. The predicted molar refractivity (Wildman–Crippen MR) is 96.1 cm³/mol. The Hall–Kier alpha value is -3.16. The van der Waals surface area contributed by atoms with Crippen molar-refractivity contribution in [2.24, 2.45) is 5.92 Å². The molecule has 1 atom stereocenters. The van der Waals surface area contributed by atoms with Gasteiger partial charge in [0.1, 0.15) is 5.76 Å². The van der Waals surface area contributed by atoms with Crippen LogP contribution in [0.25, 0.3) is 0 Å². The Bertz CT molecular complexity index is 891. The van der Waals surface area contributed by atoms with Crippen LogP contribution in [0.4, 0.5) is 10.3 Å². The van der Waals surface area contributed by atoms with E-state index in [1.54, 1.807) is 12.3 Å². The van der Waals surface area contributed by atoms with Crippen LogP contribution in [0.15, 0.2) is 53.5 Å². The lowest BCUT2D eigenvalue weighted by Crippen LogP contribution is -2.33.